The normalized spacial score (nSPS) is 43.9. The third-order valence-corrected chi connectivity index (χ3v) is 4.76. The molecule has 2 rings (SSSR count). The molecule has 96 valence electrons. The number of halogens is 1. The Hall–Kier alpha value is -0.230. The van der Waals surface area contributed by atoms with Gasteiger partial charge in [0.1, 0.15) is 6.61 Å². The quantitative estimate of drug-likeness (QED) is 0.571. The lowest BCUT2D eigenvalue weighted by Gasteiger charge is -2.35. The predicted molar refractivity (Wildman–Crippen MR) is 69.1 cm³/mol. The van der Waals surface area contributed by atoms with E-state index in [1.165, 1.54) is 0 Å². The largest absolute Gasteiger partial charge is 0.364 e. The molecular weight excluding hydrogens is 236 g/mol. The van der Waals surface area contributed by atoms with E-state index in [1.807, 2.05) is 6.92 Å². The van der Waals surface area contributed by atoms with Gasteiger partial charge in [0.2, 0.25) is 0 Å². The number of alkyl halides is 1. The number of hydrogen-bond acceptors (Lipinski definition) is 2. The summed E-state index contributed by atoms with van der Waals surface area (Å²) in [6.45, 7) is 8.78. The fourth-order valence-electron chi connectivity index (χ4n) is 3.11. The van der Waals surface area contributed by atoms with Crippen molar-refractivity contribution in [3.63, 3.8) is 0 Å². The maximum absolute atomic E-state index is 6.47. The lowest BCUT2D eigenvalue weighted by atomic mass is 9.75. The Kier molecular flexibility index (Phi) is 3.47. The molecule has 0 spiro atoms. The minimum Gasteiger partial charge on any atom is -0.364 e. The van der Waals surface area contributed by atoms with Crippen molar-refractivity contribution in [1.29, 1.82) is 0 Å². The molecule has 4 atom stereocenters. The van der Waals surface area contributed by atoms with Crippen LogP contribution in [-0.2, 0) is 9.47 Å². The molecule has 2 heterocycles. The molecular formula is C14H21ClO2. The Labute approximate surface area is 109 Å². The highest BCUT2D eigenvalue weighted by Crippen LogP contribution is 2.56. The fourth-order valence-corrected chi connectivity index (χ4v) is 3.80. The van der Waals surface area contributed by atoms with E-state index < -0.39 is 0 Å². The molecule has 4 unspecified atom stereocenters. The molecule has 2 bridgehead atoms. The smallest absolute Gasteiger partial charge is 0.108 e. The van der Waals surface area contributed by atoms with Gasteiger partial charge in [-0.1, -0.05) is 19.8 Å². The van der Waals surface area contributed by atoms with Crippen molar-refractivity contribution >= 4 is 11.6 Å². The van der Waals surface area contributed by atoms with E-state index in [1.54, 1.807) is 0 Å². The molecule has 0 aliphatic carbocycles. The Morgan fingerprint density at radius 3 is 2.71 bits per heavy atom. The van der Waals surface area contributed by atoms with Crippen molar-refractivity contribution in [3.05, 3.63) is 0 Å². The first-order chi connectivity index (χ1) is 7.94. The van der Waals surface area contributed by atoms with Gasteiger partial charge >= 0.3 is 0 Å². The summed E-state index contributed by atoms with van der Waals surface area (Å²) in [6, 6.07) is 0. The number of rotatable bonds is 3. The van der Waals surface area contributed by atoms with Crippen molar-refractivity contribution in [2.45, 2.75) is 63.2 Å². The summed E-state index contributed by atoms with van der Waals surface area (Å²) >= 11 is 6.47. The highest BCUT2D eigenvalue weighted by molar-refractivity contribution is 6.21. The lowest BCUT2D eigenvalue weighted by molar-refractivity contribution is -0.0890. The summed E-state index contributed by atoms with van der Waals surface area (Å²) in [7, 11) is 0. The van der Waals surface area contributed by atoms with Crippen molar-refractivity contribution in [1.82, 2.24) is 0 Å². The molecule has 2 aliphatic heterocycles. The highest BCUT2D eigenvalue weighted by atomic mass is 35.5. The van der Waals surface area contributed by atoms with Gasteiger partial charge in [0, 0.05) is 6.42 Å². The Morgan fingerprint density at radius 1 is 1.47 bits per heavy atom. The van der Waals surface area contributed by atoms with Crippen LogP contribution in [0.2, 0.25) is 0 Å². The van der Waals surface area contributed by atoms with Gasteiger partial charge in [0.05, 0.1) is 22.7 Å². The van der Waals surface area contributed by atoms with Gasteiger partial charge in [-0.2, -0.15) is 0 Å². The van der Waals surface area contributed by atoms with Crippen LogP contribution in [0.15, 0.2) is 0 Å². The first-order valence-corrected chi connectivity index (χ1v) is 6.74. The van der Waals surface area contributed by atoms with E-state index in [9.17, 15) is 0 Å². The minimum absolute atomic E-state index is 0.101. The molecule has 17 heavy (non-hydrogen) atoms. The number of hydrogen-bond donors (Lipinski definition) is 0. The maximum atomic E-state index is 6.47. The SMILES string of the molecule is CC#CCOC1CC2(C(C)C)OC1(C)CC2Cl. The molecule has 0 aromatic carbocycles. The zero-order valence-electron chi connectivity index (χ0n) is 11.0. The van der Waals surface area contributed by atoms with Gasteiger partial charge in [-0.15, -0.1) is 17.5 Å². The zero-order chi connectivity index (χ0) is 12.7. The van der Waals surface area contributed by atoms with Crippen LogP contribution in [0.1, 0.15) is 40.5 Å². The van der Waals surface area contributed by atoms with Gasteiger partial charge in [0.15, 0.2) is 0 Å². The van der Waals surface area contributed by atoms with E-state index >= 15 is 0 Å². The molecule has 2 saturated heterocycles. The van der Waals surface area contributed by atoms with Crippen LogP contribution >= 0.6 is 11.6 Å². The average molecular weight is 257 g/mol. The summed E-state index contributed by atoms with van der Waals surface area (Å²) < 4.78 is 12.1. The Morgan fingerprint density at radius 2 is 2.18 bits per heavy atom. The second-order valence-electron chi connectivity index (χ2n) is 5.63. The average Bonchev–Trinajstić information content (AvgIpc) is 2.67. The van der Waals surface area contributed by atoms with Crippen LogP contribution < -0.4 is 0 Å². The van der Waals surface area contributed by atoms with E-state index in [2.05, 4.69) is 32.6 Å². The molecule has 2 aliphatic rings. The molecule has 0 aromatic heterocycles. The predicted octanol–water partition coefficient (Wildman–Crippen LogP) is 2.98. The lowest BCUT2D eigenvalue weighted by Crippen LogP contribution is -2.45. The maximum Gasteiger partial charge on any atom is 0.108 e. The van der Waals surface area contributed by atoms with Crippen molar-refractivity contribution in [2.24, 2.45) is 5.92 Å². The molecule has 0 radical (unpaired) electrons. The van der Waals surface area contributed by atoms with E-state index in [0.29, 0.717) is 12.5 Å². The van der Waals surface area contributed by atoms with Crippen LogP contribution in [0.4, 0.5) is 0 Å². The summed E-state index contributed by atoms with van der Waals surface area (Å²) in [6.07, 6.45) is 1.89. The topological polar surface area (TPSA) is 18.5 Å². The summed E-state index contributed by atoms with van der Waals surface area (Å²) in [4.78, 5) is 0. The molecule has 2 nitrogen and oxygen atoms in total. The second-order valence-corrected chi connectivity index (χ2v) is 6.15. The zero-order valence-corrected chi connectivity index (χ0v) is 11.8. The van der Waals surface area contributed by atoms with Gasteiger partial charge in [-0.25, -0.2) is 0 Å². The minimum atomic E-state index is -0.230. The van der Waals surface area contributed by atoms with Crippen molar-refractivity contribution in [2.75, 3.05) is 6.61 Å². The molecule has 2 fully saturated rings. The molecule has 0 saturated carbocycles. The fraction of sp³-hybridized carbons (Fsp3) is 0.857. The van der Waals surface area contributed by atoms with Gasteiger partial charge in [-0.3, -0.25) is 0 Å². The summed E-state index contributed by atoms with van der Waals surface area (Å²) in [5.41, 5.74) is -0.438. The monoisotopic (exact) mass is 256 g/mol. The van der Waals surface area contributed by atoms with Crippen LogP contribution in [0.3, 0.4) is 0 Å². The van der Waals surface area contributed by atoms with Gasteiger partial charge in [0.25, 0.3) is 0 Å². The molecule has 0 aromatic rings. The number of ether oxygens (including phenoxy) is 2. The Balaban J connectivity index is 2.12. The van der Waals surface area contributed by atoms with Gasteiger partial charge in [-0.05, 0) is 26.2 Å². The molecule has 3 heteroatoms. The summed E-state index contributed by atoms with van der Waals surface area (Å²) in [5.74, 6) is 6.21. The molecule has 0 amide bonds. The standard InChI is InChI=1S/C14H21ClO2/c1-5-6-7-16-12-9-14(10(2)3)11(15)8-13(12,4)17-14/h10-12H,7-9H2,1-4H3. The first-order valence-electron chi connectivity index (χ1n) is 6.30. The Bertz CT molecular complexity index is 357. The van der Waals surface area contributed by atoms with Gasteiger partial charge < -0.3 is 9.47 Å². The van der Waals surface area contributed by atoms with E-state index in [4.69, 9.17) is 21.1 Å². The van der Waals surface area contributed by atoms with Crippen LogP contribution in [0.5, 0.6) is 0 Å². The van der Waals surface area contributed by atoms with Crippen LogP contribution in [0.25, 0.3) is 0 Å². The van der Waals surface area contributed by atoms with Crippen LogP contribution in [0, 0.1) is 17.8 Å². The third-order valence-electron chi connectivity index (χ3n) is 4.23. The van der Waals surface area contributed by atoms with E-state index in [-0.39, 0.29) is 22.7 Å². The first kappa shape index (κ1) is 13.2. The number of fused-ring (bicyclic) bond motifs is 2. The third kappa shape index (κ3) is 1.99. The van der Waals surface area contributed by atoms with Crippen molar-refractivity contribution in [3.8, 4) is 11.8 Å². The molecule has 0 N–H and O–H groups in total. The highest BCUT2D eigenvalue weighted by Gasteiger charge is 2.65. The second kappa shape index (κ2) is 4.46. The van der Waals surface area contributed by atoms with Crippen molar-refractivity contribution < 1.29 is 9.47 Å². The van der Waals surface area contributed by atoms with E-state index in [0.717, 1.165) is 12.8 Å². The summed E-state index contributed by atoms with van der Waals surface area (Å²) in [5, 5.41) is 0.101. The van der Waals surface area contributed by atoms with Crippen LogP contribution in [-0.4, -0.2) is 29.3 Å².